The SMILES string of the molecule is CCNCc1cccc(Cl)c1Oc1cnn(CC)c1. The van der Waals surface area contributed by atoms with Gasteiger partial charge in [0.25, 0.3) is 0 Å². The molecule has 0 unspecified atom stereocenters. The summed E-state index contributed by atoms with van der Waals surface area (Å²) in [5.41, 5.74) is 1.04. The van der Waals surface area contributed by atoms with E-state index >= 15 is 0 Å². The van der Waals surface area contributed by atoms with Crippen molar-refractivity contribution in [2.45, 2.75) is 26.9 Å². The van der Waals surface area contributed by atoms with E-state index in [-0.39, 0.29) is 0 Å². The smallest absolute Gasteiger partial charge is 0.165 e. The third-order valence-electron chi connectivity index (χ3n) is 2.77. The van der Waals surface area contributed by atoms with Crippen LogP contribution in [0.3, 0.4) is 0 Å². The summed E-state index contributed by atoms with van der Waals surface area (Å²) in [6.07, 6.45) is 3.56. The predicted molar refractivity (Wildman–Crippen MR) is 76.8 cm³/mol. The van der Waals surface area contributed by atoms with Gasteiger partial charge < -0.3 is 10.1 Å². The van der Waals surface area contributed by atoms with E-state index in [2.05, 4.69) is 17.3 Å². The average molecular weight is 280 g/mol. The summed E-state index contributed by atoms with van der Waals surface area (Å²) in [5.74, 6) is 1.40. The van der Waals surface area contributed by atoms with Crippen molar-refractivity contribution in [2.24, 2.45) is 0 Å². The topological polar surface area (TPSA) is 39.1 Å². The Hall–Kier alpha value is -1.52. The zero-order valence-corrected chi connectivity index (χ0v) is 11.9. The molecule has 0 spiro atoms. The second kappa shape index (κ2) is 6.59. The molecule has 0 bridgehead atoms. The molecule has 19 heavy (non-hydrogen) atoms. The van der Waals surface area contributed by atoms with E-state index < -0.39 is 0 Å². The Morgan fingerprint density at radius 3 is 2.89 bits per heavy atom. The van der Waals surface area contributed by atoms with Gasteiger partial charge in [-0.25, -0.2) is 0 Å². The van der Waals surface area contributed by atoms with Gasteiger partial charge in [-0.3, -0.25) is 4.68 Å². The third kappa shape index (κ3) is 3.49. The van der Waals surface area contributed by atoms with Gasteiger partial charge in [0.1, 0.15) is 0 Å². The highest BCUT2D eigenvalue weighted by Crippen LogP contribution is 2.32. The van der Waals surface area contributed by atoms with Crippen LogP contribution in [0.1, 0.15) is 19.4 Å². The maximum Gasteiger partial charge on any atom is 0.165 e. The summed E-state index contributed by atoms with van der Waals surface area (Å²) in [4.78, 5) is 0. The minimum atomic E-state index is 0.611. The Morgan fingerprint density at radius 2 is 2.21 bits per heavy atom. The lowest BCUT2D eigenvalue weighted by Crippen LogP contribution is -2.12. The summed E-state index contributed by atoms with van der Waals surface area (Å²) in [6.45, 7) is 6.55. The summed E-state index contributed by atoms with van der Waals surface area (Å²) in [7, 11) is 0. The quantitative estimate of drug-likeness (QED) is 0.880. The van der Waals surface area contributed by atoms with Gasteiger partial charge in [-0.05, 0) is 19.5 Å². The van der Waals surface area contributed by atoms with E-state index in [1.807, 2.05) is 36.0 Å². The molecule has 0 saturated heterocycles. The lowest BCUT2D eigenvalue weighted by Gasteiger charge is -2.11. The molecule has 0 aliphatic carbocycles. The number of aryl methyl sites for hydroxylation is 1. The van der Waals surface area contributed by atoms with Gasteiger partial charge >= 0.3 is 0 Å². The predicted octanol–water partition coefficient (Wildman–Crippen LogP) is 3.46. The highest BCUT2D eigenvalue weighted by molar-refractivity contribution is 6.32. The van der Waals surface area contributed by atoms with Crippen molar-refractivity contribution in [3.8, 4) is 11.5 Å². The monoisotopic (exact) mass is 279 g/mol. The Labute approximate surface area is 118 Å². The fraction of sp³-hybridized carbons (Fsp3) is 0.357. The molecular formula is C14H18ClN3O. The van der Waals surface area contributed by atoms with Gasteiger partial charge in [0.05, 0.1) is 17.4 Å². The molecule has 2 rings (SSSR count). The third-order valence-corrected chi connectivity index (χ3v) is 3.07. The van der Waals surface area contributed by atoms with E-state index in [1.165, 1.54) is 0 Å². The maximum atomic E-state index is 6.22. The fourth-order valence-electron chi connectivity index (χ4n) is 1.75. The number of hydrogen-bond acceptors (Lipinski definition) is 3. The standard InChI is InChI=1S/C14H18ClN3O/c1-3-16-8-11-6-5-7-13(15)14(11)19-12-9-17-18(4-2)10-12/h5-7,9-10,16H,3-4,8H2,1-2H3. The van der Waals surface area contributed by atoms with Crippen LogP contribution in [0.25, 0.3) is 0 Å². The first-order valence-electron chi connectivity index (χ1n) is 6.43. The van der Waals surface area contributed by atoms with E-state index in [1.54, 1.807) is 6.20 Å². The number of rotatable bonds is 6. The first-order valence-corrected chi connectivity index (χ1v) is 6.80. The van der Waals surface area contributed by atoms with Crippen molar-refractivity contribution in [3.63, 3.8) is 0 Å². The number of ether oxygens (including phenoxy) is 1. The summed E-state index contributed by atoms with van der Waals surface area (Å²) >= 11 is 6.22. The van der Waals surface area contributed by atoms with Crippen LogP contribution in [-0.4, -0.2) is 16.3 Å². The molecule has 1 heterocycles. The van der Waals surface area contributed by atoms with Crippen molar-refractivity contribution < 1.29 is 4.74 Å². The van der Waals surface area contributed by atoms with Crippen molar-refractivity contribution >= 4 is 11.6 Å². The number of benzene rings is 1. The number of halogens is 1. The molecule has 0 fully saturated rings. The molecule has 4 nitrogen and oxygen atoms in total. The molecule has 0 saturated carbocycles. The largest absolute Gasteiger partial charge is 0.452 e. The summed E-state index contributed by atoms with van der Waals surface area (Å²) < 4.78 is 7.68. The molecule has 102 valence electrons. The van der Waals surface area contributed by atoms with Crippen LogP contribution in [0.4, 0.5) is 0 Å². The minimum absolute atomic E-state index is 0.611. The average Bonchev–Trinajstić information content (AvgIpc) is 2.87. The van der Waals surface area contributed by atoms with Crippen LogP contribution in [0.15, 0.2) is 30.6 Å². The number of para-hydroxylation sites is 1. The number of aromatic nitrogens is 2. The first-order chi connectivity index (χ1) is 9.24. The van der Waals surface area contributed by atoms with Crippen molar-refractivity contribution in [3.05, 3.63) is 41.2 Å². The van der Waals surface area contributed by atoms with Crippen molar-refractivity contribution in [1.82, 2.24) is 15.1 Å². The van der Waals surface area contributed by atoms with Crippen molar-refractivity contribution in [2.75, 3.05) is 6.54 Å². The normalized spacial score (nSPS) is 10.7. The van der Waals surface area contributed by atoms with Crippen LogP contribution in [0.2, 0.25) is 5.02 Å². The molecule has 2 aromatic rings. The van der Waals surface area contributed by atoms with Crippen molar-refractivity contribution in [1.29, 1.82) is 0 Å². The maximum absolute atomic E-state index is 6.22. The minimum Gasteiger partial charge on any atom is -0.452 e. The van der Waals surface area contributed by atoms with Crippen LogP contribution >= 0.6 is 11.6 Å². The molecular weight excluding hydrogens is 262 g/mol. The first kappa shape index (κ1) is 13.9. The molecule has 0 aliphatic heterocycles. The highest BCUT2D eigenvalue weighted by atomic mass is 35.5. The Kier molecular flexibility index (Phi) is 4.82. The molecule has 1 N–H and O–H groups in total. The van der Waals surface area contributed by atoms with Gasteiger partial charge in [-0.2, -0.15) is 5.10 Å². The lowest BCUT2D eigenvalue weighted by atomic mass is 10.2. The summed E-state index contributed by atoms with van der Waals surface area (Å²) in [6, 6.07) is 5.77. The second-order valence-electron chi connectivity index (χ2n) is 4.14. The zero-order chi connectivity index (χ0) is 13.7. The van der Waals surface area contributed by atoms with E-state index in [0.717, 1.165) is 25.2 Å². The Balaban J connectivity index is 2.22. The molecule has 0 radical (unpaired) electrons. The van der Waals surface area contributed by atoms with Crippen LogP contribution in [-0.2, 0) is 13.1 Å². The fourth-order valence-corrected chi connectivity index (χ4v) is 1.99. The molecule has 0 atom stereocenters. The van der Waals surface area contributed by atoms with E-state index in [4.69, 9.17) is 16.3 Å². The Morgan fingerprint density at radius 1 is 1.37 bits per heavy atom. The number of nitrogens with one attached hydrogen (secondary N) is 1. The molecule has 5 heteroatoms. The Bertz CT molecular complexity index is 539. The van der Waals surface area contributed by atoms with Gasteiger partial charge in [-0.15, -0.1) is 0 Å². The van der Waals surface area contributed by atoms with Crippen LogP contribution in [0.5, 0.6) is 11.5 Å². The molecule has 1 aromatic carbocycles. The number of nitrogens with zero attached hydrogens (tertiary/aromatic N) is 2. The van der Waals surface area contributed by atoms with Gasteiger partial charge in [-0.1, -0.05) is 30.7 Å². The van der Waals surface area contributed by atoms with Crippen LogP contribution in [0, 0.1) is 0 Å². The number of hydrogen-bond donors (Lipinski definition) is 1. The van der Waals surface area contributed by atoms with E-state index in [0.29, 0.717) is 16.5 Å². The molecule has 0 aliphatic rings. The van der Waals surface area contributed by atoms with E-state index in [9.17, 15) is 0 Å². The van der Waals surface area contributed by atoms with Crippen LogP contribution < -0.4 is 10.1 Å². The highest BCUT2D eigenvalue weighted by Gasteiger charge is 2.10. The second-order valence-corrected chi connectivity index (χ2v) is 4.55. The van der Waals surface area contributed by atoms with Gasteiger partial charge in [0, 0.05) is 18.7 Å². The molecule has 0 amide bonds. The van der Waals surface area contributed by atoms with Gasteiger partial charge in [0.2, 0.25) is 0 Å². The molecule has 1 aromatic heterocycles. The van der Waals surface area contributed by atoms with Gasteiger partial charge in [0.15, 0.2) is 11.5 Å². The zero-order valence-electron chi connectivity index (χ0n) is 11.2. The lowest BCUT2D eigenvalue weighted by molar-refractivity contribution is 0.472. The summed E-state index contributed by atoms with van der Waals surface area (Å²) in [5, 5.41) is 8.07.